The lowest BCUT2D eigenvalue weighted by Gasteiger charge is -2.17. The summed E-state index contributed by atoms with van der Waals surface area (Å²) in [5.74, 6) is -0.943. The number of benzene rings is 1. The van der Waals surface area contributed by atoms with E-state index in [2.05, 4.69) is 4.98 Å². The first-order chi connectivity index (χ1) is 8.68. The molecule has 2 aromatic rings. The van der Waals surface area contributed by atoms with E-state index in [1.54, 1.807) is 7.05 Å². The fourth-order valence-corrected chi connectivity index (χ4v) is 1.68. The first kappa shape index (κ1) is 12.2. The van der Waals surface area contributed by atoms with Gasteiger partial charge in [0.2, 0.25) is 0 Å². The lowest BCUT2D eigenvalue weighted by Crippen LogP contribution is -2.27. The van der Waals surface area contributed by atoms with Gasteiger partial charge in [-0.15, -0.1) is 0 Å². The summed E-state index contributed by atoms with van der Waals surface area (Å²) in [7, 11) is 1.65. The van der Waals surface area contributed by atoms with Gasteiger partial charge in [-0.1, -0.05) is 30.3 Å². The van der Waals surface area contributed by atoms with E-state index in [0.29, 0.717) is 6.54 Å². The highest BCUT2D eigenvalue weighted by molar-refractivity contribution is 5.94. The number of carbonyl (C=O) groups is 1. The van der Waals surface area contributed by atoms with Crippen molar-refractivity contribution in [3.05, 3.63) is 65.7 Å². The Morgan fingerprint density at radius 2 is 2.00 bits per heavy atom. The first-order valence-electron chi connectivity index (χ1n) is 5.57. The van der Waals surface area contributed by atoms with Crippen LogP contribution < -0.4 is 0 Å². The van der Waals surface area contributed by atoms with Crippen LogP contribution in [0.3, 0.4) is 0 Å². The summed E-state index contributed by atoms with van der Waals surface area (Å²) in [6.07, 6.45) is 2.45. The van der Waals surface area contributed by atoms with Crippen LogP contribution in [0.1, 0.15) is 15.9 Å². The second-order valence-electron chi connectivity index (χ2n) is 4.00. The van der Waals surface area contributed by atoms with Gasteiger partial charge in [-0.3, -0.25) is 9.78 Å². The van der Waals surface area contributed by atoms with Crippen molar-refractivity contribution in [2.24, 2.45) is 0 Å². The number of carbonyl (C=O) groups excluding carboxylic acids is 1. The maximum atomic E-state index is 13.4. The molecule has 2 rings (SSSR count). The summed E-state index contributed by atoms with van der Waals surface area (Å²) < 4.78 is 13.4. The lowest BCUT2D eigenvalue weighted by molar-refractivity contribution is 0.0780. The van der Waals surface area contributed by atoms with Crippen molar-refractivity contribution < 1.29 is 9.18 Å². The van der Waals surface area contributed by atoms with Crippen LogP contribution in [0.5, 0.6) is 0 Å². The SMILES string of the molecule is CN(Cc1ccccc1)C(=O)c1ccncc1F. The molecule has 0 fully saturated rings. The highest BCUT2D eigenvalue weighted by atomic mass is 19.1. The molecule has 0 saturated heterocycles. The average Bonchev–Trinajstić information content (AvgIpc) is 2.39. The number of nitrogens with zero attached hydrogens (tertiary/aromatic N) is 2. The molecule has 92 valence electrons. The average molecular weight is 244 g/mol. The Kier molecular flexibility index (Phi) is 3.67. The molecule has 18 heavy (non-hydrogen) atoms. The van der Waals surface area contributed by atoms with Crippen molar-refractivity contribution in [3.63, 3.8) is 0 Å². The van der Waals surface area contributed by atoms with Crippen LogP contribution in [0.15, 0.2) is 48.8 Å². The van der Waals surface area contributed by atoms with Gasteiger partial charge in [0.15, 0.2) is 5.82 Å². The largest absolute Gasteiger partial charge is 0.337 e. The number of rotatable bonds is 3. The van der Waals surface area contributed by atoms with Crippen LogP contribution in [0.25, 0.3) is 0 Å². The number of halogens is 1. The molecule has 1 amide bonds. The molecule has 1 aromatic heterocycles. The predicted octanol–water partition coefficient (Wildman–Crippen LogP) is 2.49. The molecule has 0 aliphatic carbocycles. The number of amides is 1. The van der Waals surface area contributed by atoms with Crippen molar-refractivity contribution in [3.8, 4) is 0 Å². The summed E-state index contributed by atoms with van der Waals surface area (Å²) in [5, 5.41) is 0. The zero-order chi connectivity index (χ0) is 13.0. The third-order valence-electron chi connectivity index (χ3n) is 2.61. The zero-order valence-electron chi connectivity index (χ0n) is 10.0. The highest BCUT2D eigenvalue weighted by Crippen LogP contribution is 2.10. The van der Waals surface area contributed by atoms with E-state index in [-0.39, 0.29) is 11.5 Å². The third kappa shape index (κ3) is 2.71. The van der Waals surface area contributed by atoms with Crippen molar-refractivity contribution in [1.29, 1.82) is 0 Å². The van der Waals surface area contributed by atoms with E-state index in [1.165, 1.54) is 17.2 Å². The number of hydrogen-bond donors (Lipinski definition) is 0. The Morgan fingerprint density at radius 3 is 2.67 bits per heavy atom. The summed E-state index contributed by atoms with van der Waals surface area (Å²) in [6, 6.07) is 11.0. The van der Waals surface area contributed by atoms with Crippen LogP contribution in [-0.2, 0) is 6.54 Å². The molecule has 0 bridgehead atoms. The minimum absolute atomic E-state index is 0.0448. The monoisotopic (exact) mass is 244 g/mol. The number of hydrogen-bond acceptors (Lipinski definition) is 2. The first-order valence-corrected chi connectivity index (χ1v) is 5.57. The Hall–Kier alpha value is -2.23. The van der Waals surface area contributed by atoms with Gasteiger partial charge >= 0.3 is 0 Å². The molecule has 4 heteroatoms. The van der Waals surface area contributed by atoms with Crippen molar-refractivity contribution >= 4 is 5.91 Å². The Bertz CT molecular complexity index is 543. The standard InChI is InChI=1S/C14H13FN2O/c1-17(10-11-5-3-2-4-6-11)14(18)12-7-8-16-9-13(12)15/h2-9H,10H2,1H3. The minimum Gasteiger partial charge on any atom is -0.337 e. The molecule has 0 aliphatic rings. The summed E-state index contributed by atoms with van der Waals surface area (Å²) >= 11 is 0. The van der Waals surface area contributed by atoms with Gasteiger partial charge in [-0.05, 0) is 11.6 Å². The molecule has 0 unspecified atom stereocenters. The van der Waals surface area contributed by atoms with Crippen molar-refractivity contribution in [1.82, 2.24) is 9.88 Å². The summed E-state index contributed by atoms with van der Waals surface area (Å²) in [4.78, 5) is 17.1. The van der Waals surface area contributed by atoms with Gasteiger partial charge in [0.05, 0.1) is 11.8 Å². The number of aromatic nitrogens is 1. The molecule has 1 aromatic carbocycles. The van der Waals surface area contributed by atoms with Gasteiger partial charge < -0.3 is 4.90 Å². The molecule has 1 heterocycles. The van der Waals surface area contributed by atoms with E-state index in [9.17, 15) is 9.18 Å². The molecule has 0 spiro atoms. The van der Waals surface area contributed by atoms with E-state index < -0.39 is 5.82 Å². The van der Waals surface area contributed by atoms with E-state index in [1.807, 2.05) is 30.3 Å². The van der Waals surface area contributed by atoms with Crippen LogP contribution in [0, 0.1) is 5.82 Å². The maximum Gasteiger partial charge on any atom is 0.256 e. The van der Waals surface area contributed by atoms with Crippen LogP contribution >= 0.6 is 0 Å². The quantitative estimate of drug-likeness (QED) is 0.831. The second kappa shape index (κ2) is 5.40. The van der Waals surface area contributed by atoms with Crippen LogP contribution in [0.4, 0.5) is 4.39 Å². The Balaban J connectivity index is 2.13. The molecule has 0 saturated carbocycles. The van der Waals surface area contributed by atoms with Crippen LogP contribution in [-0.4, -0.2) is 22.8 Å². The fraction of sp³-hybridized carbons (Fsp3) is 0.143. The van der Waals surface area contributed by atoms with E-state index >= 15 is 0 Å². The van der Waals surface area contributed by atoms with Gasteiger partial charge in [-0.2, -0.15) is 0 Å². The van der Waals surface area contributed by atoms with Gasteiger partial charge in [0, 0.05) is 19.8 Å². The molecule has 0 aliphatic heterocycles. The molecular weight excluding hydrogens is 231 g/mol. The summed E-state index contributed by atoms with van der Waals surface area (Å²) in [6.45, 7) is 0.446. The molecule has 0 N–H and O–H groups in total. The maximum absolute atomic E-state index is 13.4. The topological polar surface area (TPSA) is 33.2 Å². The predicted molar refractivity (Wildman–Crippen MR) is 66.4 cm³/mol. The normalized spacial score (nSPS) is 10.1. The number of pyridine rings is 1. The van der Waals surface area contributed by atoms with Gasteiger partial charge in [0.1, 0.15) is 0 Å². The van der Waals surface area contributed by atoms with E-state index in [4.69, 9.17) is 0 Å². The highest BCUT2D eigenvalue weighted by Gasteiger charge is 2.15. The molecular formula is C14H13FN2O. The fourth-order valence-electron chi connectivity index (χ4n) is 1.68. The zero-order valence-corrected chi connectivity index (χ0v) is 10.0. The van der Waals surface area contributed by atoms with Crippen LogP contribution in [0.2, 0.25) is 0 Å². The van der Waals surface area contributed by atoms with Gasteiger partial charge in [-0.25, -0.2) is 4.39 Å². The lowest BCUT2D eigenvalue weighted by atomic mass is 10.2. The third-order valence-corrected chi connectivity index (χ3v) is 2.61. The summed E-state index contributed by atoms with van der Waals surface area (Å²) in [5.41, 5.74) is 1.05. The molecule has 0 atom stereocenters. The molecule has 0 radical (unpaired) electrons. The Morgan fingerprint density at radius 1 is 1.28 bits per heavy atom. The van der Waals surface area contributed by atoms with Crippen molar-refractivity contribution in [2.75, 3.05) is 7.05 Å². The molecule has 3 nitrogen and oxygen atoms in total. The Labute approximate surface area is 105 Å². The van der Waals surface area contributed by atoms with Gasteiger partial charge in [0.25, 0.3) is 5.91 Å². The van der Waals surface area contributed by atoms with Crippen molar-refractivity contribution in [2.45, 2.75) is 6.54 Å². The second-order valence-corrected chi connectivity index (χ2v) is 4.00. The van der Waals surface area contributed by atoms with E-state index in [0.717, 1.165) is 11.8 Å². The minimum atomic E-state index is -0.595. The smallest absolute Gasteiger partial charge is 0.256 e.